The lowest BCUT2D eigenvalue weighted by Gasteiger charge is -2.33. The number of halogens is 1. The Balaban J connectivity index is 1.57. The molecular formula is C21H18FN3O2S. The van der Waals surface area contributed by atoms with Crippen LogP contribution in [0.25, 0.3) is 17.3 Å². The number of rotatable bonds is 4. The summed E-state index contributed by atoms with van der Waals surface area (Å²) in [5.41, 5.74) is 3.19. The number of carbonyl (C=O) groups excluding carboxylic acids is 1. The van der Waals surface area contributed by atoms with E-state index < -0.39 is 6.23 Å². The minimum atomic E-state index is -0.489. The number of anilines is 2. The van der Waals surface area contributed by atoms with E-state index in [1.807, 2.05) is 48.7 Å². The Morgan fingerprint density at radius 3 is 2.82 bits per heavy atom. The molecular weight excluding hydrogens is 377 g/mol. The summed E-state index contributed by atoms with van der Waals surface area (Å²) in [6.07, 6.45) is 3.32. The number of aromatic nitrogens is 1. The third-order valence-electron chi connectivity index (χ3n) is 4.31. The summed E-state index contributed by atoms with van der Waals surface area (Å²) in [7, 11) is 0. The molecule has 4 rings (SSSR count). The number of ether oxygens (including phenoxy) is 1. The van der Waals surface area contributed by atoms with Crippen LogP contribution in [0.3, 0.4) is 0 Å². The van der Waals surface area contributed by atoms with Crippen molar-refractivity contribution in [2.75, 3.05) is 16.8 Å². The summed E-state index contributed by atoms with van der Waals surface area (Å²) in [6.45, 7) is 2.37. The smallest absolute Gasteiger partial charge is 0.330 e. The molecule has 0 fully saturated rings. The molecule has 0 aliphatic carbocycles. The van der Waals surface area contributed by atoms with Crippen LogP contribution in [0.5, 0.6) is 0 Å². The van der Waals surface area contributed by atoms with Crippen LogP contribution in [0.2, 0.25) is 0 Å². The van der Waals surface area contributed by atoms with Crippen LogP contribution < -0.4 is 10.2 Å². The van der Waals surface area contributed by atoms with Gasteiger partial charge in [-0.15, -0.1) is 11.3 Å². The van der Waals surface area contributed by atoms with Gasteiger partial charge in [-0.2, -0.15) is 0 Å². The van der Waals surface area contributed by atoms with Crippen LogP contribution >= 0.6 is 11.3 Å². The lowest BCUT2D eigenvalue weighted by atomic mass is 10.1. The SMILES string of the molecule is CCOC1C=Cc2ccccc2N1C(=O)Nc1nc(-c2ccc(F)cc2)cs1. The Morgan fingerprint density at radius 1 is 1.25 bits per heavy atom. The Kier molecular flexibility index (Phi) is 5.18. The predicted molar refractivity (Wildman–Crippen MR) is 110 cm³/mol. The van der Waals surface area contributed by atoms with Gasteiger partial charge in [-0.05, 0) is 48.9 Å². The number of amides is 2. The van der Waals surface area contributed by atoms with Crippen molar-refractivity contribution < 1.29 is 13.9 Å². The van der Waals surface area contributed by atoms with Gasteiger partial charge < -0.3 is 4.74 Å². The first-order valence-corrected chi connectivity index (χ1v) is 9.74. The van der Waals surface area contributed by atoms with E-state index >= 15 is 0 Å². The second-order valence-electron chi connectivity index (χ2n) is 6.11. The largest absolute Gasteiger partial charge is 0.354 e. The van der Waals surface area contributed by atoms with E-state index in [9.17, 15) is 9.18 Å². The number of fused-ring (bicyclic) bond motifs is 1. The van der Waals surface area contributed by atoms with Gasteiger partial charge in [0.2, 0.25) is 0 Å². The second-order valence-corrected chi connectivity index (χ2v) is 6.97. The van der Waals surface area contributed by atoms with E-state index in [2.05, 4.69) is 10.3 Å². The van der Waals surface area contributed by atoms with Gasteiger partial charge in [0, 0.05) is 17.6 Å². The molecule has 142 valence electrons. The predicted octanol–water partition coefficient (Wildman–Crippen LogP) is 5.38. The van der Waals surface area contributed by atoms with Crippen molar-refractivity contribution >= 4 is 34.3 Å². The van der Waals surface area contributed by atoms with Crippen molar-refractivity contribution in [3.8, 4) is 11.3 Å². The average Bonchev–Trinajstić information content (AvgIpc) is 3.17. The molecule has 3 aromatic rings. The molecule has 2 amide bonds. The maximum absolute atomic E-state index is 13.1. The Labute approximate surface area is 166 Å². The summed E-state index contributed by atoms with van der Waals surface area (Å²) in [6, 6.07) is 13.4. The zero-order valence-electron chi connectivity index (χ0n) is 15.1. The highest BCUT2D eigenvalue weighted by atomic mass is 32.1. The molecule has 7 heteroatoms. The molecule has 1 atom stereocenters. The lowest BCUT2D eigenvalue weighted by Crippen LogP contribution is -2.45. The highest BCUT2D eigenvalue weighted by Gasteiger charge is 2.29. The number of carbonyl (C=O) groups is 1. The van der Waals surface area contributed by atoms with Crippen LogP contribution in [0, 0.1) is 5.82 Å². The molecule has 0 saturated carbocycles. The molecule has 0 radical (unpaired) electrons. The Morgan fingerprint density at radius 2 is 2.04 bits per heavy atom. The summed E-state index contributed by atoms with van der Waals surface area (Å²) < 4.78 is 18.8. The fraction of sp³-hybridized carbons (Fsp3) is 0.143. The van der Waals surface area contributed by atoms with E-state index in [1.54, 1.807) is 17.0 Å². The fourth-order valence-electron chi connectivity index (χ4n) is 3.02. The molecule has 5 nitrogen and oxygen atoms in total. The van der Waals surface area contributed by atoms with Crippen LogP contribution in [0.1, 0.15) is 12.5 Å². The summed E-state index contributed by atoms with van der Waals surface area (Å²) >= 11 is 1.31. The first-order valence-electron chi connectivity index (χ1n) is 8.86. The minimum Gasteiger partial charge on any atom is -0.354 e. The number of thiazole rings is 1. The zero-order chi connectivity index (χ0) is 19.5. The highest BCUT2D eigenvalue weighted by Crippen LogP contribution is 2.31. The van der Waals surface area contributed by atoms with Crippen molar-refractivity contribution in [3.05, 3.63) is 71.4 Å². The standard InChI is InChI=1S/C21H18FN3O2S/c1-2-27-19-12-9-15-5-3-4-6-18(15)25(19)21(26)24-20-23-17(13-28-20)14-7-10-16(22)11-8-14/h3-13,19H,2H2,1H3,(H,23,24,26). The van der Waals surface area contributed by atoms with E-state index in [1.165, 1.54) is 23.5 Å². The number of hydrogen-bond donors (Lipinski definition) is 1. The fourth-order valence-corrected chi connectivity index (χ4v) is 3.73. The Hall–Kier alpha value is -3.03. The van der Waals surface area contributed by atoms with Gasteiger partial charge in [0.15, 0.2) is 11.4 Å². The van der Waals surface area contributed by atoms with Gasteiger partial charge in [0.1, 0.15) is 5.82 Å². The molecule has 2 heterocycles. The number of benzene rings is 2. The van der Waals surface area contributed by atoms with E-state index in [-0.39, 0.29) is 11.8 Å². The third-order valence-corrected chi connectivity index (χ3v) is 5.06. The summed E-state index contributed by atoms with van der Waals surface area (Å²) in [5, 5.41) is 5.14. The maximum Gasteiger partial charge on any atom is 0.330 e. The molecule has 2 aromatic carbocycles. The minimum absolute atomic E-state index is 0.300. The molecule has 0 spiro atoms. The number of hydrogen-bond acceptors (Lipinski definition) is 4. The van der Waals surface area contributed by atoms with E-state index in [0.717, 1.165) is 16.8 Å². The quantitative estimate of drug-likeness (QED) is 0.645. The summed E-state index contributed by atoms with van der Waals surface area (Å²) in [5.74, 6) is -0.300. The van der Waals surface area contributed by atoms with E-state index in [4.69, 9.17) is 4.74 Å². The Bertz CT molecular complexity index is 1020. The monoisotopic (exact) mass is 395 g/mol. The van der Waals surface area contributed by atoms with Gasteiger partial charge in [0.25, 0.3) is 0 Å². The van der Waals surface area contributed by atoms with Crippen LogP contribution in [-0.2, 0) is 4.74 Å². The summed E-state index contributed by atoms with van der Waals surface area (Å²) in [4.78, 5) is 19.1. The van der Waals surface area contributed by atoms with Crippen LogP contribution in [0.4, 0.5) is 20.0 Å². The lowest BCUT2D eigenvalue weighted by molar-refractivity contribution is 0.0979. The molecule has 28 heavy (non-hydrogen) atoms. The molecule has 0 saturated heterocycles. The van der Waals surface area contributed by atoms with Gasteiger partial charge >= 0.3 is 6.03 Å². The normalized spacial score (nSPS) is 15.4. The van der Waals surface area contributed by atoms with Gasteiger partial charge in [-0.1, -0.05) is 24.3 Å². The molecule has 1 unspecified atom stereocenters. The number of para-hydroxylation sites is 1. The highest BCUT2D eigenvalue weighted by molar-refractivity contribution is 7.14. The van der Waals surface area contributed by atoms with Crippen molar-refractivity contribution in [1.82, 2.24) is 4.98 Å². The van der Waals surface area contributed by atoms with Crippen molar-refractivity contribution in [1.29, 1.82) is 0 Å². The maximum atomic E-state index is 13.1. The molecule has 1 aliphatic rings. The third kappa shape index (κ3) is 3.67. The zero-order valence-corrected chi connectivity index (χ0v) is 15.9. The first kappa shape index (κ1) is 18.3. The van der Waals surface area contributed by atoms with Gasteiger partial charge in [0.05, 0.1) is 11.4 Å². The van der Waals surface area contributed by atoms with E-state index in [0.29, 0.717) is 17.4 Å². The second kappa shape index (κ2) is 7.92. The van der Waals surface area contributed by atoms with Crippen LogP contribution in [0.15, 0.2) is 60.0 Å². The van der Waals surface area contributed by atoms with Crippen molar-refractivity contribution in [2.24, 2.45) is 0 Å². The van der Waals surface area contributed by atoms with Crippen LogP contribution in [-0.4, -0.2) is 23.8 Å². The molecule has 0 bridgehead atoms. The van der Waals surface area contributed by atoms with Gasteiger partial charge in [-0.25, -0.2) is 14.2 Å². The van der Waals surface area contributed by atoms with Crippen molar-refractivity contribution in [3.63, 3.8) is 0 Å². The average molecular weight is 395 g/mol. The first-order chi connectivity index (χ1) is 13.7. The molecule has 1 aliphatic heterocycles. The molecule has 1 aromatic heterocycles. The van der Waals surface area contributed by atoms with Crippen molar-refractivity contribution in [2.45, 2.75) is 13.2 Å². The van der Waals surface area contributed by atoms with Gasteiger partial charge in [-0.3, -0.25) is 10.2 Å². The topological polar surface area (TPSA) is 54.5 Å². The number of nitrogens with one attached hydrogen (secondary N) is 1. The molecule has 1 N–H and O–H groups in total. The number of urea groups is 1. The number of nitrogens with zero attached hydrogens (tertiary/aromatic N) is 2.